The third-order valence-corrected chi connectivity index (χ3v) is 2.21. The number of nitrogens with zero attached hydrogens (tertiary/aromatic N) is 2. The van der Waals surface area contributed by atoms with Crippen molar-refractivity contribution < 1.29 is 5.11 Å². The van der Waals surface area contributed by atoms with Crippen molar-refractivity contribution in [1.29, 1.82) is 0 Å². The van der Waals surface area contributed by atoms with Gasteiger partial charge in [-0.25, -0.2) is 4.98 Å². The Balaban J connectivity index is 2.73. The maximum Gasteiger partial charge on any atom is 0.225 e. The summed E-state index contributed by atoms with van der Waals surface area (Å²) >= 11 is 1.54. The number of thiazole rings is 1. The number of rotatable bonds is 2. The highest BCUT2D eigenvalue weighted by Gasteiger charge is 2.05. The maximum absolute atomic E-state index is 9.13. The van der Waals surface area contributed by atoms with Crippen LogP contribution in [0.15, 0.2) is 0 Å². The van der Waals surface area contributed by atoms with Crippen LogP contribution in [0.3, 0.4) is 0 Å². The lowest BCUT2D eigenvalue weighted by Gasteiger charge is -2.04. The van der Waals surface area contributed by atoms with E-state index in [4.69, 9.17) is 5.11 Å². The zero-order valence-electron chi connectivity index (χ0n) is 6.96. The molecule has 0 aliphatic heterocycles. The van der Waals surface area contributed by atoms with E-state index < -0.39 is 0 Å². The number of hydrogen-bond donors (Lipinski definition) is 1. The van der Waals surface area contributed by atoms with Crippen molar-refractivity contribution in [3.63, 3.8) is 0 Å². The second-order valence-electron chi connectivity index (χ2n) is 2.73. The van der Waals surface area contributed by atoms with Crippen LogP contribution in [0.25, 0.3) is 0 Å². The number of aromatic hydroxyl groups is 1. The summed E-state index contributed by atoms with van der Waals surface area (Å²) in [5.74, 6) is 0.173. The predicted octanol–water partition coefficient (Wildman–Crippen LogP) is 1.22. The topological polar surface area (TPSA) is 36.4 Å². The van der Waals surface area contributed by atoms with Crippen molar-refractivity contribution >= 4 is 11.3 Å². The number of hydrogen-bond acceptors (Lipinski definition) is 4. The Morgan fingerprint density at radius 2 is 2.18 bits per heavy atom. The molecule has 1 aromatic rings. The lowest BCUT2D eigenvalue weighted by Crippen LogP contribution is -2.09. The highest BCUT2D eigenvalue weighted by Crippen LogP contribution is 2.22. The SMILES string of the molecule is Cc1sc(CN(C)C)nc1O. The van der Waals surface area contributed by atoms with E-state index in [1.54, 1.807) is 0 Å². The van der Waals surface area contributed by atoms with Crippen LogP contribution in [-0.2, 0) is 6.54 Å². The summed E-state index contributed by atoms with van der Waals surface area (Å²) in [6.07, 6.45) is 0. The van der Waals surface area contributed by atoms with Gasteiger partial charge in [-0.2, -0.15) is 0 Å². The molecule has 4 heteroatoms. The van der Waals surface area contributed by atoms with Crippen LogP contribution in [0.4, 0.5) is 0 Å². The summed E-state index contributed by atoms with van der Waals surface area (Å²) < 4.78 is 0. The molecule has 1 N–H and O–H groups in total. The molecule has 0 aliphatic carbocycles. The van der Waals surface area contributed by atoms with E-state index in [1.165, 1.54) is 11.3 Å². The molecule has 0 unspecified atom stereocenters. The van der Waals surface area contributed by atoms with Gasteiger partial charge in [-0.3, -0.25) is 0 Å². The van der Waals surface area contributed by atoms with Gasteiger partial charge >= 0.3 is 0 Å². The molecule has 0 amide bonds. The fourth-order valence-electron chi connectivity index (χ4n) is 0.780. The van der Waals surface area contributed by atoms with Crippen LogP contribution in [0.1, 0.15) is 9.88 Å². The monoisotopic (exact) mass is 172 g/mol. The summed E-state index contributed by atoms with van der Waals surface area (Å²) in [6, 6.07) is 0. The Morgan fingerprint density at radius 1 is 1.55 bits per heavy atom. The van der Waals surface area contributed by atoms with Crippen LogP contribution < -0.4 is 0 Å². The first-order valence-corrected chi connectivity index (χ1v) is 4.21. The van der Waals surface area contributed by atoms with E-state index in [2.05, 4.69) is 4.98 Å². The highest BCUT2D eigenvalue weighted by molar-refractivity contribution is 7.11. The van der Waals surface area contributed by atoms with E-state index in [-0.39, 0.29) is 5.88 Å². The van der Waals surface area contributed by atoms with Crippen molar-refractivity contribution in [2.75, 3.05) is 14.1 Å². The smallest absolute Gasteiger partial charge is 0.225 e. The maximum atomic E-state index is 9.13. The Hall–Kier alpha value is -0.610. The summed E-state index contributed by atoms with van der Waals surface area (Å²) in [6.45, 7) is 2.66. The largest absolute Gasteiger partial charge is 0.492 e. The summed E-state index contributed by atoms with van der Waals surface area (Å²) in [7, 11) is 3.96. The third kappa shape index (κ3) is 2.17. The first-order chi connectivity index (χ1) is 5.09. The second-order valence-corrected chi connectivity index (χ2v) is 4.01. The van der Waals surface area contributed by atoms with Crippen LogP contribution >= 0.6 is 11.3 Å². The Morgan fingerprint density at radius 3 is 2.55 bits per heavy atom. The fraction of sp³-hybridized carbons (Fsp3) is 0.571. The fourth-order valence-corrected chi connectivity index (χ4v) is 1.73. The summed E-state index contributed by atoms with van der Waals surface area (Å²) in [5.41, 5.74) is 0. The number of aromatic nitrogens is 1. The van der Waals surface area contributed by atoms with Gasteiger partial charge in [0.2, 0.25) is 5.88 Å². The molecule has 0 atom stereocenters. The standard InChI is InChI=1S/C7H12N2OS/c1-5-7(10)8-6(11-5)4-9(2)3/h10H,4H2,1-3H3. The van der Waals surface area contributed by atoms with E-state index in [0.717, 1.165) is 16.4 Å². The van der Waals surface area contributed by atoms with Crippen LogP contribution in [0.2, 0.25) is 0 Å². The van der Waals surface area contributed by atoms with Gasteiger partial charge < -0.3 is 10.0 Å². The zero-order valence-corrected chi connectivity index (χ0v) is 7.77. The first kappa shape index (κ1) is 8.49. The minimum absolute atomic E-state index is 0.173. The van der Waals surface area contributed by atoms with Crippen LogP contribution in [0, 0.1) is 6.92 Å². The lowest BCUT2D eigenvalue weighted by atomic mass is 10.6. The van der Waals surface area contributed by atoms with Crippen LogP contribution in [-0.4, -0.2) is 29.1 Å². The molecule has 3 nitrogen and oxygen atoms in total. The molecule has 0 aliphatic rings. The van der Waals surface area contributed by atoms with Crippen molar-refractivity contribution in [3.05, 3.63) is 9.88 Å². The predicted molar refractivity (Wildman–Crippen MR) is 45.9 cm³/mol. The highest BCUT2D eigenvalue weighted by atomic mass is 32.1. The molecule has 0 bridgehead atoms. The molecule has 1 aromatic heterocycles. The third-order valence-electron chi connectivity index (χ3n) is 1.27. The molecule has 1 rings (SSSR count). The minimum Gasteiger partial charge on any atom is -0.492 e. The van der Waals surface area contributed by atoms with Gasteiger partial charge in [0.05, 0.1) is 4.88 Å². The summed E-state index contributed by atoms with van der Waals surface area (Å²) in [5, 5.41) is 10.1. The van der Waals surface area contributed by atoms with Gasteiger partial charge in [-0.15, -0.1) is 11.3 Å². The number of aryl methyl sites for hydroxylation is 1. The van der Waals surface area contributed by atoms with Crippen molar-refractivity contribution in [2.24, 2.45) is 0 Å². The molecule has 0 radical (unpaired) electrons. The Labute approximate surface area is 70.3 Å². The molecule has 0 aromatic carbocycles. The van der Waals surface area contributed by atoms with E-state index >= 15 is 0 Å². The lowest BCUT2D eigenvalue weighted by molar-refractivity contribution is 0.396. The minimum atomic E-state index is 0.173. The molecule has 0 fully saturated rings. The molecule has 0 saturated carbocycles. The average molecular weight is 172 g/mol. The molecular formula is C7H12N2OS. The molecule has 62 valence electrons. The van der Waals surface area contributed by atoms with Crippen LogP contribution in [0.5, 0.6) is 5.88 Å². The Bertz CT molecular complexity index is 225. The normalized spacial score (nSPS) is 10.9. The Kier molecular flexibility index (Phi) is 2.46. The van der Waals surface area contributed by atoms with Gasteiger partial charge in [-0.05, 0) is 21.0 Å². The van der Waals surface area contributed by atoms with Gasteiger partial charge in [0.25, 0.3) is 0 Å². The molecule has 0 spiro atoms. The average Bonchev–Trinajstić information content (AvgIpc) is 2.10. The first-order valence-electron chi connectivity index (χ1n) is 3.39. The van der Waals surface area contributed by atoms with E-state index in [0.29, 0.717) is 0 Å². The molecular weight excluding hydrogens is 160 g/mol. The molecule has 11 heavy (non-hydrogen) atoms. The van der Waals surface area contributed by atoms with Gasteiger partial charge in [-0.1, -0.05) is 0 Å². The van der Waals surface area contributed by atoms with Crippen molar-refractivity contribution in [2.45, 2.75) is 13.5 Å². The molecule has 1 heterocycles. The van der Waals surface area contributed by atoms with E-state index in [1.807, 2.05) is 25.9 Å². The van der Waals surface area contributed by atoms with Crippen molar-refractivity contribution in [1.82, 2.24) is 9.88 Å². The molecule has 0 saturated heterocycles. The van der Waals surface area contributed by atoms with Crippen molar-refractivity contribution in [3.8, 4) is 5.88 Å². The van der Waals surface area contributed by atoms with Gasteiger partial charge in [0.1, 0.15) is 5.01 Å². The van der Waals surface area contributed by atoms with E-state index in [9.17, 15) is 0 Å². The zero-order chi connectivity index (χ0) is 8.43. The summed E-state index contributed by atoms with van der Waals surface area (Å²) in [4.78, 5) is 6.90. The van der Waals surface area contributed by atoms with Gasteiger partial charge in [0.15, 0.2) is 0 Å². The van der Waals surface area contributed by atoms with Gasteiger partial charge in [0, 0.05) is 6.54 Å². The second kappa shape index (κ2) is 3.19. The quantitative estimate of drug-likeness (QED) is 0.728.